The van der Waals surface area contributed by atoms with Gasteiger partial charge in [-0.15, -0.1) is 0 Å². The lowest BCUT2D eigenvalue weighted by Gasteiger charge is -2.30. The number of fused-ring (bicyclic) bond motifs is 1. The molecule has 1 aliphatic heterocycles. The first kappa shape index (κ1) is 17.1. The summed E-state index contributed by atoms with van der Waals surface area (Å²) in [6.45, 7) is 1.84. The molecular formula is C17H16N2O5S. The van der Waals surface area contributed by atoms with Gasteiger partial charge < -0.3 is 4.90 Å². The van der Waals surface area contributed by atoms with Gasteiger partial charge >= 0.3 is 0 Å². The molecule has 1 unspecified atom stereocenters. The summed E-state index contributed by atoms with van der Waals surface area (Å²) in [5.74, 6) is 0. The van der Waals surface area contributed by atoms with Crippen LogP contribution in [0.25, 0.3) is 6.08 Å². The van der Waals surface area contributed by atoms with Crippen molar-refractivity contribution in [2.45, 2.75) is 18.0 Å². The third kappa shape index (κ3) is 3.26. The van der Waals surface area contributed by atoms with Gasteiger partial charge in [0.05, 0.1) is 15.4 Å². The van der Waals surface area contributed by atoms with Crippen molar-refractivity contribution < 1.29 is 17.5 Å². The van der Waals surface area contributed by atoms with Crippen molar-refractivity contribution >= 4 is 21.9 Å². The summed E-state index contributed by atoms with van der Waals surface area (Å²) in [6, 6.07) is 10.8. The zero-order chi connectivity index (χ0) is 18.2. The monoisotopic (exact) mass is 360 g/mol. The van der Waals surface area contributed by atoms with Crippen LogP contribution in [-0.4, -0.2) is 25.3 Å². The standard InChI is InChI=1S/C17H16N2O5S/c1-12-6-8-14(9-7-12)25(22,23)24-17-16-13(10-11-18(17)2)4-3-5-15(16)19(20)21/h3-11,17H,1-2H3. The highest BCUT2D eigenvalue weighted by Crippen LogP contribution is 2.38. The molecule has 25 heavy (non-hydrogen) atoms. The molecule has 0 amide bonds. The highest BCUT2D eigenvalue weighted by atomic mass is 32.2. The Bertz CT molecular complexity index is 952. The number of nitro benzene ring substituents is 1. The third-order valence-electron chi connectivity index (χ3n) is 3.95. The summed E-state index contributed by atoms with van der Waals surface area (Å²) in [5.41, 5.74) is 1.50. The van der Waals surface area contributed by atoms with Gasteiger partial charge in [-0.1, -0.05) is 29.8 Å². The molecule has 0 fully saturated rings. The van der Waals surface area contributed by atoms with E-state index in [0.717, 1.165) is 5.56 Å². The average Bonchev–Trinajstić information content (AvgIpc) is 2.57. The summed E-state index contributed by atoms with van der Waals surface area (Å²) in [7, 11) is -2.49. The molecule has 2 aromatic rings. The minimum Gasteiger partial charge on any atom is -0.351 e. The fourth-order valence-electron chi connectivity index (χ4n) is 2.62. The van der Waals surface area contributed by atoms with Crippen molar-refractivity contribution in [1.29, 1.82) is 0 Å². The molecule has 1 aliphatic rings. The summed E-state index contributed by atoms with van der Waals surface area (Å²) in [4.78, 5) is 12.3. The fraction of sp³-hybridized carbons (Fsp3) is 0.176. The molecule has 2 aromatic carbocycles. The molecule has 0 N–H and O–H groups in total. The van der Waals surface area contributed by atoms with E-state index in [2.05, 4.69) is 0 Å². The van der Waals surface area contributed by atoms with Gasteiger partial charge in [0, 0.05) is 19.3 Å². The second-order valence-electron chi connectivity index (χ2n) is 5.73. The molecule has 0 saturated heterocycles. The predicted molar refractivity (Wildman–Crippen MR) is 92.1 cm³/mol. The van der Waals surface area contributed by atoms with Crippen molar-refractivity contribution in [3.63, 3.8) is 0 Å². The van der Waals surface area contributed by atoms with E-state index in [0.29, 0.717) is 5.56 Å². The SMILES string of the molecule is Cc1ccc(S(=O)(=O)OC2c3c(cccc3[N+](=O)[O-])C=CN2C)cc1. The summed E-state index contributed by atoms with van der Waals surface area (Å²) in [6.07, 6.45) is 2.19. The average molecular weight is 360 g/mol. The lowest BCUT2D eigenvalue weighted by molar-refractivity contribution is -0.386. The van der Waals surface area contributed by atoms with Gasteiger partial charge in [0.2, 0.25) is 0 Å². The Morgan fingerprint density at radius 3 is 2.48 bits per heavy atom. The molecule has 0 aromatic heterocycles. The van der Waals surface area contributed by atoms with Crippen molar-refractivity contribution in [3.8, 4) is 0 Å². The van der Waals surface area contributed by atoms with Crippen molar-refractivity contribution in [1.82, 2.24) is 4.90 Å². The molecule has 0 aliphatic carbocycles. The van der Waals surface area contributed by atoms with Crippen LogP contribution in [0.4, 0.5) is 5.69 Å². The van der Waals surface area contributed by atoms with E-state index in [4.69, 9.17) is 4.18 Å². The van der Waals surface area contributed by atoms with Gasteiger partial charge in [-0.05, 0) is 30.7 Å². The van der Waals surface area contributed by atoms with E-state index >= 15 is 0 Å². The van der Waals surface area contributed by atoms with E-state index in [1.807, 2.05) is 6.92 Å². The van der Waals surface area contributed by atoms with E-state index in [1.54, 1.807) is 43.6 Å². The lowest BCUT2D eigenvalue weighted by Crippen LogP contribution is -2.28. The molecule has 130 valence electrons. The van der Waals surface area contributed by atoms with Crippen LogP contribution in [0.15, 0.2) is 53.6 Å². The molecule has 0 bridgehead atoms. The van der Waals surface area contributed by atoms with Gasteiger partial charge in [0.15, 0.2) is 6.23 Å². The van der Waals surface area contributed by atoms with Crippen LogP contribution in [0.1, 0.15) is 22.9 Å². The number of nitrogens with zero attached hydrogens (tertiary/aromatic N) is 2. The Morgan fingerprint density at radius 2 is 1.84 bits per heavy atom. The maximum absolute atomic E-state index is 12.6. The minimum atomic E-state index is -4.09. The molecule has 1 heterocycles. The summed E-state index contributed by atoms with van der Waals surface area (Å²) < 4.78 is 30.6. The Kier molecular flexibility index (Phi) is 4.32. The van der Waals surface area contributed by atoms with Crippen LogP contribution < -0.4 is 0 Å². The number of hydrogen-bond donors (Lipinski definition) is 0. The first-order valence-electron chi connectivity index (χ1n) is 7.47. The van der Waals surface area contributed by atoms with Crippen LogP contribution in [0, 0.1) is 17.0 Å². The third-order valence-corrected chi connectivity index (χ3v) is 5.23. The van der Waals surface area contributed by atoms with E-state index < -0.39 is 21.3 Å². The first-order chi connectivity index (χ1) is 11.8. The van der Waals surface area contributed by atoms with Crippen molar-refractivity contribution in [2.75, 3.05) is 7.05 Å². The van der Waals surface area contributed by atoms with Gasteiger partial charge in [-0.25, -0.2) is 4.18 Å². The molecule has 0 spiro atoms. The van der Waals surface area contributed by atoms with Crippen LogP contribution in [0.3, 0.4) is 0 Å². The molecular weight excluding hydrogens is 344 g/mol. The summed E-state index contributed by atoms with van der Waals surface area (Å²) >= 11 is 0. The van der Waals surface area contributed by atoms with Crippen LogP contribution in [-0.2, 0) is 14.3 Å². The number of rotatable bonds is 4. The van der Waals surface area contributed by atoms with Gasteiger partial charge in [0.1, 0.15) is 0 Å². The highest BCUT2D eigenvalue weighted by molar-refractivity contribution is 7.86. The second-order valence-corrected chi connectivity index (χ2v) is 7.31. The Balaban J connectivity index is 2.05. The quantitative estimate of drug-likeness (QED) is 0.472. The smallest absolute Gasteiger partial charge is 0.299 e. The fourth-order valence-corrected chi connectivity index (χ4v) is 3.67. The zero-order valence-corrected chi connectivity index (χ0v) is 14.4. The van der Waals surface area contributed by atoms with Gasteiger partial charge in [-0.2, -0.15) is 8.42 Å². The van der Waals surface area contributed by atoms with E-state index in [-0.39, 0.29) is 16.1 Å². The molecule has 3 rings (SSSR count). The number of benzene rings is 2. The van der Waals surface area contributed by atoms with Crippen molar-refractivity contribution in [3.05, 3.63) is 75.5 Å². The molecule has 8 heteroatoms. The number of hydrogen-bond acceptors (Lipinski definition) is 6. The largest absolute Gasteiger partial charge is 0.351 e. The van der Waals surface area contributed by atoms with Gasteiger partial charge in [-0.3, -0.25) is 10.1 Å². The molecule has 0 radical (unpaired) electrons. The van der Waals surface area contributed by atoms with Crippen molar-refractivity contribution in [2.24, 2.45) is 0 Å². The number of aryl methyl sites for hydroxylation is 1. The maximum Gasteiger partial charge on any atom is 0.299 e. The molecule has 7 nitrogen and oxygen atoms in total. The topological polar surface area (TPSA) is 89.8 Å². The van der Waals surface area contributed by atoms with Crippen LogP contribution >= 0.6 is 0 Å². The van der Waals surface area contributed by atoms with E-state index in [9.17, 15) is 18.5 Å². The Hall–Kier alpha value is -2.71. The highest BCUT2D eigenvalue weighted by Gasteiger charge is 2.34. The molecule has 0 saturated carbocycles. The van der Waals surface area contributed by atoms with E-state index in [1.165, 1.54) is 23.1 Å². The predicted octanol–water partition coefficient (Wildman–Crippen LogP) is 3.22. The minimum absolute atomic E-state index is 0.00110. The van der Waals surface area contributed by atoms with Crippen LogP contribution in [0.5, 0.6) is 0 Å². The van der Waals surface area contributed by atoms with Crippen LogP contribution in [0.2, 0.25) is 0 Å². The second kappa shape index (κ2) is 6.30. The lowest BCUT2D eigenvalue weighted by atomic mass is 10.0. The Morgan fingerprint density at radius 1 is 1.16 bits per heavy atom. The van der Waals surface area contributed by atoms with Gasteiger partial charge in [0.25, 0.3) is 15.8 Å². The normalized spacial score (nSPS) is 16.6. The maximum atomic E-state index is 12.6. The Labute approximate surface area is 145 Å². The molecule has 1 atom stereocenters. The summed E-state index contributed by atoms with van der Waals surface area (Å²) in [5, 5.41) is 11.4. The first-order valence-corrected chi connectivity index (χ1v) is 8.88. The number of nitro groups is 1. The zero-order valence-electron chi connectivity index (χ0n) is 13.6.